The van der Waals surface area contributed by atoms with Gasteiger partial charge < -0.3 is 9.64 Å². The van der Waals surface area contributed by atoms with E-state index in [4.69, 9.17) is 16.3 Å². The first-order valence-corrected chi connectivity index (χ1v) is 12.7. The Hall–Kier alpha value is -4.76. The molecule has 10 heteroatoms. The monoisotopic (exact) mass is 557 g/mol. The molecule has 0 radical (unpaired) electrons. The van der Waals surface area contributed by atoms with E-state index in [2.05, 4.69) is 15.4 Å². The van der Waals surface area contributed by atoms with Gasteiger partial charge in [-0.1, -0.05) is 54.1 Å². The number of hydrazine groups is 1. The summed E-state index contributed by atoms with van der Waals surface area (Å²) in [6, 6.07) is 21.1. The molecule has 40 heavy (non-hydrogen) atoms. The van der Waals surface area contributed by atoms with Gasteiger partial charge in [0.25, 0.3) is 11.8 Å². The average Bonchev–Trinajstić information content (AvgIpc) is 3.24. The second-order valence-corrected chi connectivity index (χ2v) is 9.75. The van der Waals surface area contributed by atoms with E-state index in [1.165, 1.54) is 12.1 Å². The summed E-state index contributed by atoms with van der Waals surface area (Å²) >= 11 is 5.90. The number of benzene rings is 3. The number of aromatic nitrogens is 1. The van der Waals surface area contributed by atoms with E-state index >= 15 is 0 Å². The summed E-state index contributed by atoms with van der Waals surface area (Å²) in [6.45, 7) is 1.35. The molecule has 0 bridgehead atoms. The van der Waals surface area contributed by atoms with Crippen molar-refractivity contribution in [1.82, 2.24) is 15.4 Å². The maximum Gasteiger partial charge on any atom is 0.297 e. The lowest BCUT2D eigenvalue weighted by Gasteiger charge is -2.19. The zero-order chi connectivity index (χ0) is 28.4. The van der Waals surface area contributed by atoms with Crippen molar-refractivity contribution in [3.8, 4) is 5.88 Å². The first-order chi connectivity index (χ1) is 19.2. The van der Waals surface area contributed by atoms with E-state index in [1.807, 2.05) is 61.5 Å². The molecule has 0 aliphatic carbocycles. The van der Waals surface area contributed by atoms with Crippen molar-refractivity contribution in [2.75, 3.05) is 25.6 Å². The average molecular weight is 558 g/mol. The number of anilines is 1. The number of nitrogens with zero attached hydrogens (tertiary/aromatic N) is 4. The van der Waals surface area contributed by atoms with Crippen molar-refractivity contribution in [3.05, 3.63) is 106 Å². The normalized spacial score (nSPS) is 14.0. The lowest BCUT2D eigenvalue weighted by Crippen LogP contribution is -2.49. The van der Waals surface area contributed by atoms with Gasteiger partial charge in [0.2, 0.25) is 5.88 Å². The third-order valence-electron chi connectivity index (χ3n) is 6.23. The fourth-order valence-electron chi connectivity index (χ4n) is 4.16. The third-order valence-corrected chi connectivity index (χ3v) is 6.52. The molecule has 2 amide bonds. The summed E-state index contributed by atoms with van der Waals surface area (Å²) in [7, 11) is 3.89. The number of carbonyl (C=O) groups excluding carboxylic acids is 2. The Balaban J connectivity index is 1.35. The number of halogens is 2. The molecule has 1 aliphatic heterocycles. The molecule has 2 heterocycles. The van der Waals surface area contributed by atoms with Gasteiger partial charge in [0.1, 0.15) is 11.5 Å². The van der Waals surface area contributed by atoms with Crippen LogP contribution in [0.5, 0.6) is 5.88 Å². The molecule has 3 aromatic carbocycles. The van der Waals surface area contributed by atoms with Crippen LogP contribution in [0.3, 0.4) is 0 Å². The number of hydrogen-bond acceptors (Lipinski definition) is 6. The Morgan fingerprint density at radius 2 is 1.82 bits per heavy atom. The Bertz CT molecular complexity index is 1670. The van der Waals surface area contributed by atoms with Gasteiger partial charge in [0.05, 0.1) is 10.5 Å². The number of amidine groups is 1. The van der Waals surface area contributed by atoms with Crippen LogP contribution in [-0.4, -0.2) is 48.3 Å². The van der Waals surface area contributed by atoms with E-state index < -0.39 is 24.2 Å². The first-order valence-electron chi connectivity index (χ1n) is 12.4. The van der Waals surface area contributed by atoms with Gasteiger partial charge in [0.15, 0.2) is 12.4 Å². The molecular formula is C30H25ClFN5O3. The summed E-state index contributed by atoms with van der Waals surface area (Å²) < 4.78 is 19.5. The van der Waals surface area contributed by atoms with E-state index in [-0.39, 0.29) is 22.4 Å². The molecule has 0 fully saturated rings. The Morgan fingerprint density at radius 1 is 1.10 bits per heavy atom. The molecule has 5 rings (SSSR count). The number of pyridine rings is 1. The largest absolute Gasteiger partial charge is 0.467 e. The quantitative estimate of drug-likeness (QED) is 0.318. The summed E-state index contributed by atoms with van der Waals surface area (Å²) in [5.74, 6) is -1.18. The van der Waals surface area contributed by atoms with Crippen LogP contribution < -0.4 is 15.1 Å². The fraction of sp³-hybridized carbons (Fsp3) is 0.133. The lowest BCUT2D eigenvalue weighted by atomic mass is 10.1. The van der Waals surface area contributed by atoms with Crippen LogP contribution in [-0.2, 0) is 9.59 Å². The maximum absolute atomic E-state index is 13.9. The summed E-state index contributed by atoms with van der Waals surface area (Å²) in [6.07, 6.45) is 1.67. The molecule has 202 valence electrons. The number of aryl methyl sites for hydroxylation is 1. The standard InChI is InChI=1S/C30H25ClFN5O3/c1-18-13-28(33-25-16-23(31)24(32)15-22(18)25)40-17-27(38)35-37-29(20-7-5-4-6-8-20)34-26(30(37)39)14-19-9-11-21(12-10-19)36(2)3/h4-16H,17H2,1-3H3,(H,35,38)/b26-14+. The molecule has 0 saturated carbocycles. The summed E-state index contributed by atoms with van der Waals surface area (Å²) in [5.41, 5.74) is 6.38. The molecule has 1 aromatic heterocycles. The minimum atomic E-state index is -0.592. The number of hydrogen-bond donors (Lipinski definition) is 1. The van der Waals surface area contributed by atoms with E-state index in [1.54, 1.807) is 31.2 Å². The van der Waals surface area contributed by atoms with Crippen molar-refractivity contribution in [2.45, 2.75) is 6.92 Å². The third kappa shape index (κ3) is 5.64. The van der Waals surface area contributed by atoms with Crippen molar-refractivity contribution < 1.29 is 18.7 Å². The van der Waals surface area contributed by atoms with Crippen LogP contribution >= 0.6 is 11.6 Å². The number of ether oxygens (including phenoxy) is 1. The molecule has 0 atom stereocenters. The van der Waals surface area contributed by atoms with Crippen LogP contribution in [0.15, 0.2) is 83.5 Å². The number of aliphatic imine (C=N–C) groups is 1. The highest BCUT2D eigenvalue weighted by Crippen LogP contribution is 2.27. The molecule has 0 spiro atoms. The minimum Gasteiger partial charge on any atom is -0.467 e. The highest BCUT2D eigenvalue weighted by molar-refractivity contribution is 6.31. The SMILES string of the molecule is Cc1cc(OCC(=O)NN2C(=O)/C(=C\c3ccc(N(C)C)cc3)N=C2c2ccccc2)nc2cc(Cl)c(F)cc12. The molecule has 1 N–H and O–H groups in total. The van der Waals surface area contributed by atoms with Crippen molar-refractivity contribution >= 4 is 51.9 Å². The predicted molar refractivity (Wildman–Crippen MR) is 154 cm³/mol. The summed E-state index contributed by atoms with van der Waals surface area (Å²) in [5, 5.41) is 1.63. The molecule has 0 saturated heterocycles. The van der Waals surface area contributed by atoms with Gasteiger partial charge in [0, 0.05) is 36.8 Å². The van der Waals surface area contributed by atoms with Gasteiger partial charge in [-0.15, -0.1) is 0 Å². The Morgan fingerprint density at radius 3 is 2.52 bits per heavy atom. The number of carbonyl (C=O) groups is 2. The molecule has 8 nitrogen and oxygen atoms in total. The van der Waals surface area contributed by atoms with Gasteiger partial charge in [-0.25, -0.2) is 14.4 Å². The Kier molecular flexibility index (Phi) is 7.48. The van der Waals surface area contributed by atoms with Crippen LogP contribution in [0, 0.1) is 12.7 Å². The van der Waals surface area contributed by atoms with Crippen molar-refractivity contribution in [2.24, 2.45) is 4.99 Å². The van der Waals surface area contributed by atoms with Crippen LogP contribution in [0.1, 0.15) is 16.7 Å². The molecule has 4 aromatic rings. The minimum absolute atomic E-state index is 0.0629. The van der Waals surface area contributed by atoms with Gasteiger partial charge in [-0.05, 0) is 48.4 Å². The first kappa shape index (κ1) is 26.8. The van der Waals surface area contributed by atoms with Gasteiger partial charge in [-0.3, -0.25) is 15.0 Å². The number of amides is 2. The van der Waals surface area contributed by atoms with Crippen molar-refractivity contribution in [1.29, 1.82) is 0 Å². The maximum atomic E-state index is 13.9. The summed E-state index contributed by atoms with van der Waals surface area (Å²) in [4.78, 5) is 37.1. The van der Waals surface area contributed by atoms with Crippen LogP contribution in [0.25, 0.3) is 17.0 Å². The van der Waals surface area contributed by atoms with Crippen LogP contribution in [0.2, 0.25) is 5.02 Å². The van der Waals surface area contributed by atoms with Crippen LogP contribution in [0.4, 0.5) is 10.1 Å². The van der Waals surface area contributed by atoms with Gasteiger partial charge in [-0.2, -0.15) is 5.01 Å². The fourth-order valence-corrected chi connectivity index (χ4v) is 4.31. The highest BCUT2D eigenvalue weighted by Gasteiger charge is 2.32. The van der Waals surface area contributed by atoms with E-state index in [9.17, 15) is 14.0 Å². The molecule has 1 aliphatic rings. The molecule has 0 unspecified atom stereocenters. The van der Waals surface area contributed by atoms with Crippen molar-refractivity contribution in [3.63, 3.8) is 0 Å². The predicted octanol–water partition coefficient (Wildman–Crippen LogP) is 5.14. The van der Waals surface area contributed by atoms with E-state index in [0.717, 1.165) is 16.3 Å². The Labute approximate surface area is 235 Å². The number of rotatable bonds is 7. The zero-order valence-corrected chi connectivity index (χ0v) is 22.7. The zero-order valence-electron chi connectivity index (χ0n) is 22.0. The number of fused-ring (bicyclic) bond motifs is 1. The molecular weight excluding hydrogens is 533 g/mol. The van der Waals surface area contributed by atoms with Gasteiger partial charge >= 0.3 is 0 Å². The smallest absolute Gasteiger partial charge is 0.297 e. The number of nitrogens with one attached hydrogen (secondary N) is 1. The van der Waals surface area contributed by atoms with E-state index in [0.29, 0.717) is 22.0 Å². The lowest BCUT2D eigenvalue weighted by molar-refractivity contribution is -0.134. The second kappa shape index (κ2) is 11.2. The highest BCUT2D eigenvalue weighted by atomic mass is 35.5. The second-order valence-electron chi connectivity index (χ2n) is 9.34. The topological polar surface area (TPSA) is 87.1 Å².